The molecule has 0 bridgehead atoms. The molecule has 1 atom stereocenters. The summed E-state index contributed by atoms with van der Waals surface area (Å²) in [5.41, 5.74) is 6.11. The standard InChI is InChI=1S/C15H17NO2/c1-15(2,13(16)14(17)18)12-8-7-10-5-3-4-6-11(10)9-12/h3-9,13H,16H2,1-2H3,(H,17,18). The monoisotopic (exact) mass is 243 g/mol. The summed E-state index contributed by atoms with van der Waals surface area (Å²) in [6.45, 7) is 3.71. The highest BCUT2D eigenvalue weighted by Crippen LogP contribution is 2.29. The minimum atomic E-state index is -0.979. The summed E-state index contributed by atoms with van der Waals surface area (Å²) in [5, 5.41) is 11.3. The van der Waals surface area contributed by atoms with Crippen molar-refractivity contribution in [2.45, 2.75) is 25.3 Å². The van der Waals surface area contributed by atoms with Gasteiger partial charge in [-0.05, 0) is 16.3 Å². The topological polar surface area (TPSA) is 63.3 Å². The fourth-order valence-electron chi connectivity index (χ4n) is 2.08. The van der Waals surface area contributed by atoms with Gasteiger partial charge in [-0.1, -0.05) is 56.3 Å². The molecule has 18 heavy (non-hydrogen) atoms. The second-order valence-electron chi connectivity index (χ2n) is 5.10. The third-order valence-corrected chi connectivity index (χ3v) is 3.54. The van der Waals surface area contributed by atoms with Crippen molar-refractivity contribution in [1.82, 2.24) is 0 Å². The second-order valence-corrected chi connectivity index (χ2v) is 5.10. The van der Waals surface area contributed by atoms with Gasteiger partial charge >= 0.3 is 5.97 Å². The second kappa shape index (κ2) is 4.42. The largest absolute Gasteiger partial charge is 0.480 e. The Bertz CT molecular complexity index is 590. The molecule has 3 heteroatoms. The number of benzene rings is 2. The van der Waals surface area contributed by atoms with Crippen LogP contribution >= 0.6 is 0 Å². The van der Waals surface area contributed by atoms with E-state index in [0.29, 0.717) is 0 Å². The molecule has 0 radical (unpaired) electrons. The predicted octanol–water partition coefficient (Wildman–Crippen LogP) is 2.53. The number of hydrogen-bond acceptors (Lipinski definition) is 2. The SMILES string of the molecule is CC(C)(c1ccc2ccccc2c1)C(N)C(=O)O. The fourth-order valence-corrected chi connectivity index (χ4v) is 2.08. The number of rotatable bonds is 3. The Labute approximate surface area is 106 Å². The molecule has 0 aliphatic carbocycles. The molecule has 0 aliphatic heterocycles. The quantitative estimate of drug-likeness (QED) is 0.870. The van der Waals surface area contributed by atoms with Crippen molar-refractivity contribution in [3.05, 3.63) is 48.0 Å². The van der Waals surface area contributed by atoms with Crippen LogP contribution in [0.2, 0.25) is 0 Å². The van der Waals surface area contributed by atoms with Crippen LogP contribution in [0.3, 0.4) is 0 Å². The lowest BCUT2D eigenvalue weighted by atomic mass is 9.77. The summed E-state index contributed by atoms with van der Waals surface area (Å²) in [7, 11) is 0. The summed E-state index contributed by atoms with van der Waals surface area (Å²) in [6.07, 6.45) is 0. The minimum Gasteiger partial charge on any atom is -0.480 e. The Balaban J connectivity index is 2.50. The molecule has 0 heterocycles. The van der Waals surface area contributed by atoms with E-state index in [1.807, 2.05) is 56.3 Å². The number of carboxylic acid groups (broad SMARTS) is 1. The number of aliphatic carboxylic acids is 1. The Kier molecular flexibility index (Phi) is 3.09. The van der Waals surface area contributed by atoms with Gasteiger partial charge in [0.1, 0.15) is 6.04 Å². The zero-order chi connectivity index (χ0) is 13.3. The first-order chi connectivity index (χ1) is 8.43. The van der Waals surface area contributed by atoms with Crippen molar-refractivity contribution in [3.63, 3.8) is 0 Å². The van der Waals surface area contributed by atoms with Crippen LogP contribution in [0, 0.1) is 0 Å². The highest BCUT2D eigenvalue weighted by atomic mass is 16.4. The number of hydrogen-bond donors (Lipinski definition) is 2. The maximum absolute atomic E-state index is 11.1. The molecule has 0 fully saturated rings. The van der Waals surface area contributed by atoms with E-state index in [0.717, 1.165) is 16.3 Å². The summed E-state index contributed by atoms with van der Waals surface area (Å²) in [4.78, 5) is 11.1. The van der Waals surface area contributed by atoms with Gasteiger partial charge in [0.2, 0.25) is 0 Å². The maximum atomic E-state index is 11.1. The molecule has 2 aromatic rings. The van der Waals surface area contributed by atoms with E-state index in [1.165, 1.54) is 0 Å². The van der Waals surface area contributed by atoms with Crippen molar-refractivity contribution >= 4 is 16.7 Å². The third kappa shape index (κ3) is 2.09. The van der Waals surface area contributed by atoms with Crippen LogP contribution in [0.5, 0.6) is 0 Å². The van der Waals surface area contributed by atoms with E-state index < -0.39 is 17.4 Å². The molecular weight excluding hydrogens is 226 g/mol. The number of fused-ring (bicyclic) bond motifs is 1. The molecule has 0 amide bonds. The lowest BCUT2D eigenvalue weighted by molar-refractivity contribution is -0.140. The van der Waals surface area contributed by atoms with Gasteiger partial charge in [0, 0.05) is 5.41 Å². The van der Waals surface area contributed by atoms with Crippen LogP contribution in [0.25, 0.3) is 10.8 Å². The summed E-state index contributed by atoms with van der Waals surface area (Å²) < 4.78 is 0. The van der Waals surface area contributed by atoms with E-state index in [2.05, 4.69) is 0 Å². The lowest BCUT2D eigenvalue weighted by Gasteiger charge is -2.29. The molecule has 1 unspecified atom stereocenters. The Hall–Kier alpha value is -1.87. The van der Waals surface area contributed by atoms with Crippen molar-refractivity contribution in [3.8, 4) is 0 Å². The lowest BCUT2D eigenvalue weighted by Crippen LogP contribution is -2.46. The molecule has 0 aromatic heterocycles. The van der Waals surface area contributed by atoms with E-state index in [1.54, 1.807) is 0 Å². The molecule has 0 aliphatic rings. The Morgan fingerprint density at radius 3 is 2.39 bits per heavy atom. The highest BCUT2D eigenvalue weighted by molar-refractivity contribution is 5.84. The van der Waals surface area contributed by atoms with Crippen LogP contribution in [0.15, 0.2) is 42.5 Å². The number of carboxylic acids is 1. The maximum Gasteiger partial charge on any atom is 0.321 e. The normalized spacial score (nSPS) is 13.5. The van der Waals surface area contributed by atoms with Crippen LogP contribution in [-0.2, 0) is 10.2 Å². The average Bonchev–Trinajstić information content (AvgIpc) is 2.37. The summed E-state index contributed by atoms with van der Waals surface area (Å²) in [5.74, 6) is -0.979. The van der Waals surface area contributed by atoms with Crippen LogP contribution < -0.4 is 5.73 Å². The summed E-state index contributed by atoms with van der Waals surface area (Å²) >= 11 is 0. The van der Waals surface area contributed by atoms with Crippen molar-refractivity contribution < 1.29 is 9.90 Å². The molecule has 2 rings (SSSR count). The molecule has 94 valence electrons. The van der Waals surface area contributed by atoms with Gasteiger partial charge in [-0.3, -0.25) is 4.79 Å². The van der Waals surface area contributed by atoms with Crippen LogP contribution in [-0.4, -0.2) is 17.1 Å². The molecular formula is C15H17NO2. The van der Waals surface area contributed by atoms with Gasteiger partial charge in [0.15, 0.2) is 0 Å². The third-order valence-electron chi connectivity index (χ3n) is 3.54. The first-order valence-electron chi connectivity index (χ1n) is 5.90. The van der Waals surface area contributed by atoms with Crippen molar-refractivity contribution in [1.29, 1.82) is 0 Å². The number of nitrogens with two attached hydrogens (primary N) is 1. The predicted molar refractivity (Wildman–Crippen MR) is 72.6 cm³/mol. The number of carbonyl (C=O) groups is 1. The van der Waals surface area contributed by atoms with Gasteiger partial charge in [-0.2, -0.15) is 0 Å². The van der Waals surface area contributed by atoms with Crippen LogP contribution in [0.4, 0.5) is 0 Å². The summed E-state index contributed by atoms with van der Waals surface area (Å²) in [6, 6.07) is 13.0. The molecule has 0 spiro atoms. The molecule has 0 saturated heterocycles. The van der Waals surface area contributed by atoms with Gasteiger partial charge < -0.3 is 10.8 Å². The minimum absolute atomic E-state index is 0.601. The van der Waals surface area contributed by atoms with E-state index >= 15 is 0 Å². The van der Waals surface area contributed by atoms with Gasteiger partial charge in [0.25, 0.3) is 0 Å². The van der Waals surface area contributed by atoms with Crippen molar-refractivity contribution in [2.24, 2.45) is 5.73 Å². The highest BCUT2D eigenvalue weighted by Gasteiger charge is 2.33. The van der Waals surface area contributed by atoms with Gasteiger partial charge in [-0.25, -0.2) is 0 Å². The smallest absolute Gasteiger partial charge is 0.321 e. The van der Waals surface area contributed by atoms with Crippen molar-refractivity contribution in [2.75, 3.05) is 0 Å². The van der Waals surface area contributed by atoms with Crippen LogP contribution in [0.1, 0.15) is 19.4 Å². The Morgan fingerprint density at radius 1 is 1.17 bits per heavy atom. The zero-order valence-electron chi connectivity index (χ0n) is 10.6. The fraction of sp³-hybridized carbons (Fsp3) is 0.267. The van der Waals surface area contributed by atoms with E-state index in [4.69, 9.17) is 10.8 Å². The van der Waals surface area contributed by atoms with Gasteiger partial charge in [0.05, 0.1) is 0 Å². The Morgan fingerprint density at radius 2 is 1.78 bits per heavy atom. The molecule has 2 aromatic carbocycles. The molecule has 3 nitrogen and oxygen atoms in total. The average molecular weight is 243 g/mol. The van der Waals surface area contributed by atoms with E-state index in [-0.39, 0.29) is 0 Å². The van der Waals surface area contributed by atoms with E-state index in [9.17, 15) is 4.79 Å². The first-order valence-corrected chi connectivity index (χ1v) is 5.90. The molecule has 3 N–H and O–H groups in total. The zero-order valence-corrected chi connectivity index (χ0v) is 10.6. The molecule has 0 saturated carbocycles. The first kappa shape index (κ1) is 12.6. The van der Waals surface area contributed by atoms with Gasteiger partial charge in [-0.15, -0.1) is 0 Å².